The van der Waals surface area contributed by atoms with Gasteiger partial charge in [0.15, 0.2) is 5.82 Å². The molecule has 1 N–H and O–H groups in total. The van der Waals surface area contributed by atoms with Gasteiger partial charge in [0, 0.05) is 13.1 Å². The Labute approximate surface area is 118 Å². The zero-order valence-electron chi connectivity index (χ0n) is 12.2. The molecule has 0 fully saturated rings. The highest BCUT2D eigenvalue weighted by Gasteiger charge is 2.08. The number of unbranched alkanes of at least 4 members (excludes halogenated alkanes) is 1. The van der Waals surface area contributed by atoms with E-state index in [1.54, 1.807) is 4.68 Å². The number of nitrogens with one attached hydrogen (secondary N) is 1. The molecule has 110 valence electrons. The molecule has 2 aromatic rings. The van der Waals surface area contributed by atoms with Crippen LogP contribution in [0, 0.1) is 0 Å². The van der Waals surface area contributed by atoms with Crippen molar-refractivity contribution in [2.45, 2.75) is 52.7 Å². The second-order valence-corrected chi connectivity index (χ2v) is 4.76. The summed E-state index contributed by atoms with van der Waals surface area (Å²) in [4.78, 5) is 0. The smallest absolute Gasteiger partial charge is 0.172 e. The minimum Gasteiger partial charge on any atom is -0.311 e. The second-order valence-electron chi connectivity index (χ2n) is 4.76. The van der Waals surface area contributed by atoms with E-state index in [0.29, 0.717) is 6.54 Å². The van der Waals surface area contributed by atoms with Gasteiger partial charge < -0.3 is 5.32 Å². The highest BCUT2D eigenvalue weighted by molar-refractivity contribution is 4.93. The molecular weight excluding hydrogens is 256 g/mol. The number of tetrazole rings is 1. The van der Waals surface area contributed by atoms with Crippen LogP contribution in [0.5, 0.6) is 0 Å². The molecule has 0 aliphatic heterocycles. The van der Waals surface area contributed by atoms with Crippen LogP contribution < -0.4 is 5.32 Å². The van der Waals surface area contributed by atoms with Crippen molar-refractivity contribution >= 4 is 0 Å². The van der Waals surface area contributed by atoms with Gasteiger partial charge in [0.2, 0.25) is 0 Å². The van der Waals surface area contributed by atoms with E-state index < -0.39 is 0 Å². The summed E-state index contributed by atoms with van der Waals surface area (Å²) in [6.07, 6.45) is 5.24. The highest BCUT2D eigenvalue weighted by Crippen LogP contribution is 2.01. The van der Waals surface area contributed by atoms with Crippen molar-refractivity contribution in [3.05, 3.63) is 17.7 Å². The minimum absolute atomic E-state index is 0.553. The molecule has 8 nitrogen and oxygen atoms in total. The van der Waals surface area contributed by atoms with Gasteiger partial charge in [0.1, 0.15) is 6.54 Å². The summed E-state index contributed by atoms with van der Waals surface area (Å²) in [5.74, 6) is 0.816. The van der Waals surface area contributed by atoms with Crippen LogP contribution in [0.3, 0.4) is 0 Å². The quantitative estimate of drug-likeness (QED) is 0.676. The minimum atomic E-state index is 0.553. The van der Waals surface area contributed by atoms with Gasteiger partial charge in [0.25, 0.3) is 0 Å². The van der Waals surface area contributed by atoms with Crippen molar-refractivity contribution in [1.82, 2.24) is 40.5 Å². The molecule has 0 spiro atoms. The molecular formula is C12H22N8. The monoisotopic (exact) mass is 278 g/mol. The van der Waals surface area contributed by atoms with Gasteiger partial charge in [-0.1, -0.05) is 25.5 Å². The summed E-state index contributed by atoms with van der Waals surface area (Å²) in [6, 6.07) is 0. The molecule has 0 amide bonds. The lowest BCUT2D eigenvalue weighted by Crippen LogP contribution is -2.14. The fraction of sp³-hybridized carbons (Fsp3) is 0.750. The van der Waals surface area contributed by atoms with Crippen LogP contribution in [0.2, 0.25) is 0 Å². The SMILES string of the molecule is CCCCn1nnnc1Cn1cc(CNCCC)nn1. The van der Waals surface area contributed by atoms with E-state index in [1.165, 1.54) is 0 Å². The van der Waals surface area contributed by atoms with E-state index in [4.69, 9.17) is 0 Å². The molecule has 2 rings (SSSR count). The van der Waals surface area contributed by atoms with Gasteiger partial charge in [-0.25, -0.2) is 9.36 Å². The van der Waals surface area contributed by atoms with Gasteiger partial charge in [-0.05, 0) is 29.8 Å². The van der Waals surface area contributed by atoms with E-state index >= 15 is 0 Å². The maximum absolute atomic E-state index is 4.13. The molecule has 0 aromatic carbocycles. The summed E-state index contributed by atoms with van der Waals surface area (Å²) in [5, 5.41) is 23.3. The average molecular weight is 278 g/mol. The van der Waals surface area contributed by atoms with E-state index in [0.717, 1.165) is 50.4 Å². The van der Waals surface area contributed by atoms with Crippen molar-refractivity contribution in [3.63, 3.8) is 0 Å². The predicted molar refractivity (Wildman–Crippen MR) is 73.8 cm³/mol. The number of nitrogens with zero attached hydrogens (tertiary/aromatic N) is 7. The Hall–Kier alpha value is -1.83. The zero-order chi connectivity index (χ0) is 14.2. The Morgan fingerprint density at radius 3 is 2.85 bits per heavy atom. The lowest BCUT2D eigenvalue weighted by Gasteiger charge is -2.02. The number of aryl methyl sites for hydroxylation is 1. The van der Waals surface area contributed by atoms with Crippen LogP contribution in [0.15, 0.2) is 6.20 Å². The maximum Gasteiger partial charge on any atom is 0.172 e. The average Bonchev–Trinajstić information content (AvgIpc) is 3.07. The van der Waals surface area contributed by atoms with E-state index in [9.17, 15) is 0 Å². The third-order valence-electron chi connectivity index (χ3n) is 2.95. The van der Waals surface area contributed by atoms with E-state index in [-0.39, 0.29) is 0 Å². The summed E-state index contributed by atoms with van der Waals surface area (Å²) in [6.45, 7) is 7.42. The van der Waals surface area contributed by atoms with Crippen molar-refractivity contribution in [3.8, 4) is 0 Å². The van der Waals surface area contributed by atoms with Gasteiger partial charge >= 0.3 is 0 Å². The first-order chi connectivity index (χ1) is 9.83. The molecule has 0 unspecified atom stereocenters. The topological polar surface area (TPSA) is 86.3 Å². The first-order valence-electron chi connectivity index (χ1n) is 7.18. The Morgan fingerprint density at radius 1 is 1.15 bits per heavy atom. The molecule has 0 aliphatic rings. The molecule has 2 heterocycles. The molecule has 0 radical (unpaired) electrons. The zero-order valence-corrected chi connectivity index (χ0v) is 12.2. The van der Waals surface area contributed by atoms with Crippen molar-refractivity contribution < 1.29 is 0 Å². The van der Waals surface area contributed by atoms with Crippen LogP contribution in [-0.4, -0.2) is 41.7 Å². The maximum atomic E-state index is 4.13. The van der Waals surface area contributed by atoms with Gasteiger partial charge in [0.05, 0.1) is 11.9 Å². The molecule has 8 heteroatoms. The van der Waals surface area contributed by atoms with E-state index in [2.05, 4.69) is 45.0 Å². The molecule has 0 aliphatic carbocycles. The fourth-order valence-corrected chi connectivity index (χ4v) is 1.85. The summed E-state index contributed by atoms with van der Waals surface area (Å²) in [7, 11) is 0. The van der Waals surface area contributed by atoms with Gasteiger partial charge in [-0.15, -0.1) is 10.2 Å². The molecule has 0 atom stereocenters. The van der Waals surface area contributed by atoms with Gasteiger partial charge in [-0.2, -0.15) is 0 Å². The lowest BCUT2D eigenvalue weighted by molar-refractivity contribution is 0.511. The predicted octanol–water partition coefficient (Wildman–Crippen LogP) is 0.613. The number of hydrogen-bond donors (Lipinski definition) is 1. The highest BCUT2D eigenvalue weighted by atomic mass is 15.6. The largest absolute Gasteiger partial charge is 0.311 e. The Balaban J connectivity index is 1.91. The molecule has 0 bridgehead atoms. The molecule has 0 saturated heterocycles. The number of aromatic nitrogens is 7. The van der Waals surface area contributed by atoms with Crippen LogP contribution in [-0.2, 0) is 19.6 Å². The molecule has 20 heavy (non-hydrogen) atoms. The number of rotatable bonds is 9. The fourth-order valence-electron chi connectivity index (χ4n) is 1.85. The van der Waals surface area contributed by atoms with Crippen LogP contribution in [0.25, 0.3) is 0 Å². The molecule has 0 saturated carbocycles. The number of hydrogen-bond acceptors (Lipinski definition) is 6. The van der Waals surface area contributed by atoms with Crippen molar-refractivity contribution in [1.29, 1.82) is 0 Å². The first kappa shape index (κ1) is 14.6. The Bertz CT molecular complexity index is 503. The van der Waals surface area contributed by atoms with E-state index in [1.807, 2.05) is 10.9 Å². The van der Waals surface area contributed by atoms with Crippen LogP contribution >= 0.6 is 0 Å². The Morgan fingerprint density at radius 2 is 2.05 bits per heavy atom. The summed E-state index contributed by atoms with van der Waals surface area (Å²) < 4.78 is 3.61. The first-order valence-corrected chi connectivity index (χ1v) is 7.18. The summed E-state index contributed by atoms with van der Waals surface area (Å²) >= 11 is 0. The normalized spacial score (nSPS) is 11.1. The third kappa shape index (κ3) is 4.09. The standard InChI is InChI=1S/C12H22N8/c1-3-5-7-20-12(15-16-18-20)10-19-9-11(14-17-19)8-13-6-4-2/h9,13H,3-8,10H2,1-2H3. The lowest BCUT2D eigenvalue weighted by atomic mass is 10.3. The van der Waals surface area contributed by atoms with Crippen LogP contribution in [0.1, 0.15) is 44.6 Å². The van der Waals surface area contributed by atoms with Gasteiger partial charge in [-0.3, -0.25) is 0 Å². The summed E-state index contributed by atoms with van der Waals surface area (Å²) in [5.41, 5.74) is 0.936. The van der Waals surface area contributed by atoms with Crippen LogP contribution in [0.4, 0.5) is 0 Å². The van der Waals surface area contributed by atoms with Crippen molar-refractivity contribution in [2.24, 2.45) is 0 Å². The van der Waals surface area contributed by atoms with Crippen molar-refractivity contribution in [2.75, 3.05) is 6.54 Å². The molecule has 2 aromatic heterocycles. The third-order valence-corrected chi connectivity index (χ3v) is 2.95. The second kappa shape index (κ2) is 7.68. The Kier molecular flexibility index (Phi) is 5.60.